The largest absolute Gasteiger partial charge is 0.393 e. The lowest BCUT2D eigenvalue weighted by Gasteiger charge is -2.29. The number of rotatable bonds is 3. The molecule has 17 heavy (non-hydrogen) atoms. The van der Waals surface area contributed by atoms with E-state index in [-0.39, 0.29) is 6.10 Å². The molecule has 1 aromatic carbocycles. The maximum absolute atomic E-state index is 9.48. The molecule has 1 aliphatic carbocycles. The van der Waals surface area contributed by atoms with Crippen molar-refractivity contribution in [2.24, 2.45) is 5.92 Å². The Bertz CT molecular complexity index is 356. The summed E-state index contributed by atoms with van der Waals surface area (Å²) >= 11 is 0. The lowest BCUT2D eigenvalue weighted by atomic mass is 10.1. The quantitative estimate of drug-likeness (QED) is 0.862. The number of benzene rings is 1. The number of aliphatic hydroxyl groups excluding tert-OH is 1. The molecule has 2 aliphatic rings. The Morgan fingerprint density at radius 3 is 2.53 bits per heavy atom. The van der Waals surface area contributed by atoms with Crippen LogP contribution in [0.5, 0.6) is 0 Å². The van der Waals surface area contributed by atoms with Crippen LogP contribution in [0.25, 0.3) is 0 Å². The third kappa shape index (κ3) is 2.70. The monoisotopic (exact) mass is 231 g/mol. The molecule has 2 heteroatoms. The second-order valence-corrected chi connectivity index (χ2v) is 5.54. The fourth-order valence-electron chi connectivity index (χ4n) is 2.99. The number of piperidine rings is 1. The maximum Gasteiger partial charge on any atom is 0.0564 e. The Morgan fingerprint density at radius 2 is 1.82 bits per heavy atom. The number of likely N-dealkylation sites (tertiary alicyclic amines) is 1. The van der Waals surface area contributed by atoms with Crippen molar-refractivity contribution in [1.82, 2.24) is 4.90 Å². The van der Waals surface area contributed by atoms with Gasteiger partial charge in [-0.3, -0.25) is 0 Å². The van der Waals surface area contributed by atoms with E-state index in [1.807, 2.05) is 0 Å². The SMILES string of the molecule is OC1CCN(C[C@@H]2C[C@H]2c2ccccc2)CC1. The summed E-state index contributed by atoms with van der Waals surface area (Å²) in [7, 11) is 0. The first-order valence-electron chi connectivity index (χ1n) is 6.78. The second kappa shape index (κ2) is 4.79. The molecule has 92 valence electrons. The lowest BCUT2D eigenvalue weighted by molar-refractivity contribution is 0.0802. The minimum atomic E-state index is -0.0460. The van der Waals surface area contributed by atoms with Crippen LogP contribution >= 0.6 is 0 Å². The van der Waals surface area contributed by atoms with Crippen molar-refractivity contribution in [3.8, 4) is 0 Å². The van der Waals surface area contributed by atoms with E-state index in [9.17, 15) is 5.11 Å². The van der Waals surface area contributed by atoms with E-state index in [1.165, 1.54) is 18.5 Å². The summed E-state index contributed by atoms with van der Waals surface area (Å²) in [5.41, 5.74) is 1.51. The van der Waals surface area contributed by atoms with Crippen molar-refractivity contribution >= 4 is 0 Å². The van der Waals surface area contributed by atoms with E-state index < -0.39 is 0 Å². The van der Waals surface area contributed by atoms with Crippen LogP contribution in [0, 0.1) is 5.92 Å². The Morgan fingerprint density at radius 1 is 1.12 bits per heavy atom. The van der Waals surface area contributed by atoms with Gasteiger partial charge in [0.25, 0.3) is 0 Å². The standard InChI is InChI=1S/C15H21NO/c17-14-6-8-16(9-7-14)11-13-10-15(13)12-4-2-1-3-5-12/h1-5,13-15,17H,6-11H2/t13-,15-/m0/s1. The lowest BCUT2D eigenvalue weighted by Crippen LogP contribution is -2.37. The second-order valence-electron chi connectivity index (χ2n) is 5.54. The van der Waals surface area contributed by atoms with Gasteiger partial charge in [0.15, 0.2) is 0 Å². The molecule has 2 fully saturated rings. The molecule has 0 bridgehead atoms. The average molecular weight is 231 g/mol. The zero-order valence-electron chi connectivity index (χ0n) is 10.3. The van der Waals surface area contributed by atoms with Crippen LogP contribution in [0.4, 0.5) is 0 Å². The van der Waals surface area contributed by atoms with Crippen LogP contribution in [0.15, 0.2) is 30.3 Å². The van der Waals surface area contributed by atoms with E-state index in [4.69, 9.17) is 0 Å². The Hall–Kier alpha value is -0.860. The molecule has 1 aliphatic heterocycles. The maximum atomic E-state index is 9.48. The third-order valence-corrected chi connectivity index (χ3v) is 4.20. The Labute approximate surface area is 103 Å². The van der Waals surface area contributed by atoms with Crippen molar-refractivity contribution in [1.29, 1.82) is 0 Å². The van der Waals surface area contributed by atoms with Gasteiger partial charge in [-0.05, 0) is 36.7 Å². The molecule has 2 atom stereocenters. The topological polar surface area (TPSA) is 23.5 Å². The molecular weight excluding hydrogens is 210 g/mol. The summed E-state index contributed by atoms with van der Waals surface area (Å²) in [6.07, 6.45) is 3.23. The van der Waals surface area contributed by atoms with Crippen LogP contribution in [0.2, 0.25) is 0 Å². The number of aliphatic hydroxyl groups is 1. The molecule has 0 spiro atoms. The fraction of sp³-hybridized carbons (Fsp3) is 0.600. The summed E-state index contributed by atoms with van der Waals surface area (Å²) in [6, 6.07) is 10.9. The summed E-state index contributed by atoms with van der Waals surface area (Å²) in [6.45, 7) is 3.39. The Balaban J connectivity index is 1.49. The molecule has 1 aromatic rings. The number of hydrogen-bond acceptors (Lipinski definition) is 2. The van der Waals surface area contributed by atoms with Crippen LogP contribution in [-0.4, -0.2) is 35.7 Å². The zero-order chi connectivity index (χ0) is 11.7. The van der Waals surface area contributed by atoms with Gasteiger partial charge in [0.1, 0.15) is 0 Å². The van der Waals surface area contributed by atoms with Crippen molar-refractivity contribution in [3.63, 3.8) is 0 Å². The highest BCUT2D eigenvalue weighted by atomic mass is 16.3. The van der Waals surface area contributed by atoms with Gasteiger partial charge >= 0.3 is 0 Å². The van der Waals surface area contributed by atoms with Crippen molar-refractivity contribution in [2.45, 2.75) is 31.3 Å². The summed E-state index contributed by atoms with van der Waals surface area (Å²) in [4.78, 5) is 2.53. The average Bonchev–Trinajstić information content (AvgIpc) is 3.13. The van der Waals surface area contributed by atoms with Gasteiger partial charge < -0.3 is 10.0 Å². The molecule has 2 nitrogen and oxygen atoms in total. The van der Waals surface area contributed by atoms with E-state index in [0.717, 1.165) is 37.8 Å². The summed E-state index contributed by atoms with van der Waals surface area (Å²) in [5, 5.41) is 9.48. The van der Waals surface area contributed by atoms with Crippen LogP contribution in [-0.2, 0) is 0 Å². The molecule has 1 N–H and O–H groups in total. The molecule has 0 unspecified atom stereocenters. The van der Waals surface area contributed by atoms with Crippen LogP contribution in [0.1, 0.15) is 30.7 Å². The van der Waals surface area contributed by atoms with Gasteiger partial charge in [-0.2, -0.15) is 0 Å². The van der Waals surface area contributed by atoms with Gasteiger partial charge in [0.05, 0.1) is 6.10 Å². The predicted molar refractivity (Wildman–Crippen MR) is 69.0 cm³/mol. The van der Waals surface area contributed by atoms with Gasteiger partial charge in [0, 0.05) is 19.6 Å². The van der Waals surface area contributed by atoms with Crippen LogP contribution in [0.3, 0.4) is 0 Å². The van der Waals surface area contributed by atoms with Crippen LogP contribution < -0.4 is 0 Å². The molecule has 1 saturated heterocycles. The van der Waals surface area contributed by atoms with Crippen molar-refractivity contribution < 1.29 is 5.11 Å². The molecule has 1 heterocycles. The van der Waals surface area contributed by atoms with Crippen molar-refractivity contribution in [3.05, 3.63) is 35.9 Å². The van der Waals surface area contributed by atoms with Gasteiger partial charge in [-0.15, -0.1) is 0 Å². The normalized spacial score (nSPS) is 30.4. The minimum absolute atomic E-state index is 0.0460. The zero-order valence-corrected chi connectivity index (χ0v) is 10.3. The van der Waals surface area contributed by atoms with E-state index in [1.54, 1.807) is 0 Å². The molecule has 3 rings (SSSR count). The first-order chi connectivity index (χ1) is 8.33. The number of nitrogens with zero attached hydrogens (tertiary/aromatic N) is 1. The number of hydrogen-bond donors (Lipinski definition) is 1. The molecular formula is C15H21NO. The first-order valence-corrected chi connectivity index (χ1v) is 6.78. The van der Waals surface area contributed by atoms with E-state index in [0.29, 0.717) is 0 Å². The van der Waals surface area contributed by atoms with Gasteiger partial charge in [-0.25, -0.2) is 0 Å². The van der Waals surface area contributed by atoms with Crippen molar-refractivity contribution in [2.75, 3.05) is 19.6 Å². The minimum Gasteiger partial charge on any atom is -0.393 e. The Kier molecular flexibility index (Phi) is 3.17. The van der Waals surface area contributed by atoms with E-state index in [2.05, 4.69) is 35.2 Å². The van der Waals surface area contributed by atoms with Gasteiger partial charge in [-0.1, -0.05) is 30.3 Å². The molecule has 1 saturated carbocycles. The highest BCUT2D eigenvalue weighted by Crippen LogP contribution is 2.47. The summed E-state index contributed by atoms with van der Waals surface area (Å²) in [5.74, 6) is 1.65. The predicted octanol–water partition coefficient (Wildman–Crippen LogP) is 2.25. The molecule has 0 radical (unpaired) electrons. The third-order valence-electron chi connectivity index (χ3n) is 4.20. The highest BCUT2D eigenvalue weighted by Gasteiger charge is 2.39. The van der Waals surface area contributed by atoms with Gasteiger partial charge in [0.2, 0.25) is 0 Å². The summed E-state index contributed by atoms with van der Waals surface area (Å²) < 4.78 is 0. The highest BCUT2D eigenvalue weighted by molar-refractivity contribution is 5.25. The molecule has 0 amide bonds. The fourth-order valence-corrected chi connectivity index (χ4v) is 2.99. The molecule has 0 aromatic heterocycles. The first kappa shape index (κ1) is 11.2. The smallest absolute Gasteiger partial charge is 0.0564 e. The van der Waals surface area contributed by atoms with E-state index >= 15 is 0 Å².